The minimum absolute atomic E-state index is 1.17. The third-order valence-electron chi connectivity index (χ3n) is 9.29. The largest absolute Gasteiger partial charge is 0.309 e. The molecule has 0 fully saturated rings. The molecule has 210 valence electrons. The molecule has 0 saturated heterocycles. The molecule has 0 radical (unpaired) electrons. The molecule has 0 atom stereocenters. The molecule has 2 nitrogen and oxygen atoms in total. The first-order chi connectivity index (χ1) is 22.3. The van der Waals surface area contributed by atoms with Crippen molar-refractivity contribution in [3.05, 3.63) is 158 Å². The standard InChI is InChI=1S/C42H26N2S/c1-3-13-28(14-4-1)43-35-20-10-7-17-30(35)31-24-23-27(25-37(31)43)34-26-39-41(33-19-9-12-22-38(33)45-39)42-40(34)32-18-8-11-21-36(32)44(42)29-15-5-2-6-16-29/h1-26H. The van der Waals surface area contributed by atoms with Gasteiger partial charge in [0.05, 0.1) is 22.1 Å². The summed E-state index contributed by atoms with van der Waals surface area (Å²) in [7, 11) is 0. The molecule has 0 unspecified atom stereocenters. The molecule has 10 aromatic rings. The number of hydrogen-bond donors (Lipinski definition) is 0. The highest BCUT2D eigenvalue weighted by Crippen LogP contribution is 2.48. The monoisotopic (exact) mass is 590 g/mol. The molecule has 0 aliphatic heterocycles. The van der Waals surface area contributed by atoms with Gasteiger partial charge in [0.15, 0.2) is 0 Å². The highest BCUT2D eigenvalue weighted by molar-refractivity contribution is 7.26. The molecule has 0 aliphatic rings. The molecule has 45 heavy (non-hydrogen) atoms. The Morgan fingerprint density at radius 1 is 0.378 bits per heavy atom. The van der Waals surface area contributed by atoms with E-state index >= 15 is 0 Å². The Morgan fingerprint density at radius 3 is 1.71 bits per heavy atom. The van der Waals surface area contributed by atoms with Crippen LogP contribution < -0.4 is 0 Å². The predicted octanol–water partition coefficient (Wildman–Crippen LogP) is 11.9. The molecule has 3 aromatic heterocycles. The molecular formula is C42H26N2S. The van der Waals surface area contributed by atoms with Crippen molar-refractivity contribution in [2.75, 3.05) is 0 Å². The van der Waals surface area contributed by atoms with Crippen molar-refractivity contribution >= 4 is 75.1 Å². The Balaban J connectivity index is 1.39. The van der Waals surface area contributed by atoms with Gasteiger partial charge in [0.1, 0.15) is 0 Å². The average Bonchev–Trinajstić information content (AvgIpc) is 3.76. The Bertz CT molecular complexity index is 2740. The molecule has 10 rings (SSSR count). The zero-order chi connectivity index (χ0) is 29.5. The number of aromatic nitrogens is 2. The summed E-state index contributed by atoms with van der Waals surface area (Å²) in [6.45, 7) is 0. The number of fused-ring (bicyclic) bond motifs is 10. The molecule has 3 heteroatoms. The van der Waals surface area contributed by atoms with Crippen molar-refractivity contribution in [2.24, 2.45) is 0 Å². The fourth-order valence-corrected chi connectivity index (χ4v) is 8.58. The summed E-state index contributed by atoms with van der Waals surface area (Å²) in [6, 6.07) is 57.6. The second kappa shape index (κ2) is 9.43. The number of benzene rings is 7. The van der Waals surface area contributed by atoms with Crippen LogP contribution in [-0.2, 0) is 0 Å². The van der Waals surface area contributed by atoms with Gasteiger partial charge in [-0.25, -0.2) is 0 Å². The van der Waals surface area contributed by atoms with Gasteiger partial charge in [-0.15, -0.1) is 11.3 Å². The van der Waals surface area contributed by atoms with E-state index in [1.165, 1.54) is 86.3 Å². The van der Waals surface area contributed by atoms with Crippen LogP contribution in [0.3, 0.4) is 0 Å². The van der Waals surface area contributed by atoms with E-state index < -0.39 is 0 Å². The number of thiophene rings is 1. The van der Waals surface area contributed by atoms with Crippen molar-refractivity contribution in [1.82, 2.24) is 9.13 Å². The molecule has 0 amide bonds. The summed E-state index contributed by atoms with van der Waals surface area (Å²) in [6.07, 6.45) is 0. The fraction of sp³-hybridized carbons (Fsp3) is 0. The maximum atomic E-state index is 2.48. The molecule has 0 saturated carbocycles. The quantitative estimate of drug-likeness (QED) is 0.194. The smallest absolute Gasteiger partial charge is 0.0640 e. The van der Waals surface area contributed by atoms with E-state index in [-0.39, 0.29) is 0 Å². The first-order valence-electron chi connectivity index (χ1n) is 15.4. The van der Waals surface area contributed by atoms with E-state index in [1.807, 2.05) is 11.3 Å². The van der Waals surface area contributed by atoms with Crippen LogP contribution in [0.1, 0.15) is 0 Å². The van der Waals surface area contributed by atoms with Gasteiger partial charge in [-0.3, -0.25) is 0 Å². The molecule has 7 aromatic carbocycles. The Labute approximate surface area is 263 Å². The van der Waals surface area contributed by atoms with Crippen LogP contribution in [0.15, 0.2) is 158 Å². The van der Waals surface area contributed by atoms with E-state index in [0.717, 1.165) is 0 Å². The Morgan fingerprint density at radius 2 is 0.956 bits per heavy atom. The van der Waals surface area contributed by atoms with Crippen LogP contribution in [0.2, 0.25) is 0 Å². The first-order valence-corrected chi connectivity index (χ1v) is 16.2. The SMILES string of the molecule is c1ccc(-n2c3ccccc3c3ccc(-c4cc5sc6ccccc6c5c5c4c4ccccc4n5-c4ccccc4)cc32)cc1. The highest BCUT2D eigenvalue weighted by atomic mass is 32.1. The van der Waals surface area contributed by atoms with Gasteiger partial charge in [-0.2, -0.15) is 0 Å². The van der Waals surface area contributed by atoms with E-state index in [1.54, 1.807) is 0 Å². The Hall–Kier alpha value is -5.64. The van der Waals surface area contributed by atoms with Gasteiger partial charge in [-0.05, 0) is 65.7 Å². The van der Waals surface area contributed by atoms with Crippen molar-refractivity contribution < 1.29 is 0 Å². The lowest BCUT2D eigenvalue weighted by atomic mass is 9.96. The summed E-state index contributed by atoms with van der Waals surface area (Å²) in [5.74, 6) is 0. The van der Waals surface area contributed by atoms with Gasteiger partial charge < -0.3 is 9.13 Å². The molecule has 0 N–H and O–H groups in total. The fourth-order valence-electron chi connectivity index (χ4n) is 7.43. The van der Waals surface area contributed by atoms with Crippen molar-refractivity contribution in [2.45, 2.75) is 0 Å². The van der Waals surface area contributed by atoms with Crippen LogP contribution >= 0.6 is 11.3 Å². The van der Waals surface area contributed by atoms with Crippen LogP contribution in [0.5, 0.6) is 0 Å². The van der Waals surface area contributed by atoms with Gasteiger partial charge in [0.2, 0.25) is 0 Å². The summed E-state index contributed by atoms with van der Waals surface area (Å²) >= 11 is 1.89. The third kappa shape index (κ3) is 3.50. The van der Waals surface area contributed by atoms with Gasteiger partial charge >= 0.3 is 0 Å². The number of nitrogens with zero attached hydrogens (tertiary/aromatic N) is 2. The molecule has 0 aliphatic carbocycles. The summed E-state index contributed by atoms with van der Waals surface area (Å²) in [4.78, 5) is 0. The molecule has 0 spiro atoms. The zero-order valence-corrected chi connectivity index (χ0v) is 25.1. The van der Waals surface area contributed by atoms with E-state index in [2.05, 4.69) is 167 Å². The van der Waals surface area contributed by atoms with Crippen LogP contribution in [0, 0.1) is 0 Å². The second-order valence-electron chi connectivity index (χ2n) is 11.7. The van der Waals surface area contributed by atoms with Crippen LogP contribution in [0.4, 0.5) is 0 Å². The lowest BCUT2D eigenvalue weighted by Crippen LogP contribution is -1.94. The lowest BCUT2D eigenvalue weighted by Gasteiger charge is -2.12. The topological polar surface area (TPSA) is 9.86 Å². The van der Waals surface area contributed by atoms with E-state index in [0.29, 0.717) is 0 Å². The van der Waals surface area contributed by atoms with Gasteiger partial charge in [-0.1, -0.05) is 103 Å². The number of rotatable bonds is 3. The predicted molar refractivity (Wildman–Crippen MR) is 193 cm³/mol. The molecule has 0 bridgehead atoms. The van der Waals surface area contributed by atoms with Crippen molar-refractivity contribution in [3.63, 3.8) is 0 Å². The van der Waals surface area contributed by atoms with Crippen LogP contribution in [0.25, 0.3) is 86.3 Å². The van der Waals surface area contributed by atoms with Gasteiger partial charge in [0.25, 0.3) is 0 Å². The maximum absolute atomic E-state index is 2.48. The average molecular weight is 591 g/mol. The number of para-hydroxylation sites is 4. The lowest BCUT2D eigenvalue weighted by molar-refractivity contribution is 1.18. The summed E-state index contributed by atoms with van der Waals surface area (Å²) < 4.78 is 7.52. The minimum atomic E-state index is 1.17. The first kappa shape index (κ1) is 24.8. The summed E-state index contributed by atoms with van der Waals surface area (Å²) in [5, 5.41) is 7.75. The van der Waals surface area contributed by atoms with Crippen molar-refractivity contribution in [1.29, 1.82) is 0 Å². The molecular weight excluding hydrogens is 565 g/mol. The normalized spacial score (nSPS) is 12.0. The van der Waals surface area contributed by atoms with Crippen LogP contribution in [-0.4, -0.2) is 9.13 Å². The second-order valence-corrected chi connectivity index (χ2v) is 12.8. The number of hydrogen-bond acceptors (Lipinski definition) is 1. The van der Waals surface area contributed by atoms with Crippen molar-refractivity contribution in [3.8, 4) is 22.5 Å². The van der Waals surface area contributed by atoms with E-state index in [4.69, 9.17) is 0 Å². The van der Waals surface area contributed by atoms with E-state index in [9.17, 15) is 0 Å². The Kier molecular flexibility index (Phi) is 5.19. The minimum Gasteiger partial charge on any atom is -0.309 e. The summed E-state index contributed by atoms with van der Waals surface area (Å²) in [5.41, 5.74) is 9.78. The third-order valence-corrected chi connectivity index (χ3v) is 10.4. The van der Waals surface area contributed by atoms with Gasteiger partial charge in [0, 0.05) is 53.1 Å². The highest BCUT2D eigenvalue weighted by Gasteiger charge is 2.22. The maximum Gasteiger partial charge on any atom is 0.0640 e. The zero-order valence-electron chi connectivity index (χ0n) is 24.3. The molecule has 3 heterocycles.